The molecule has 21 nitrogen and oxygen atoms in total. The van der Waals surface area contributed by atoms with Crippen molar-refractivity contribution in [2.24, 2.45) is 11.1 Å². The highest BCUT2D eigenvalue weighted by molar-refractivity contribution is 6.30. The number of amides is 6. The summed E-state index contributed by atoms with van der Waals surface area (Å²) >= 11 is 5.83. The van der Waals surface area contributed by atoms with Gasteiger partial charge in [0.05, 0.1) is 81.5 Å². The second-order valence-electron chi connectivity index (χ2n) is 20.2. The van der Waals surface area contributed by atoms with Crippen molar-refractivity contribution in [2.75, 3.05) is 104 Å². The standard InChI is InChI=1S/C56H72ClF2N9O12/c1-34(62-6)52(71)65-49(56(3,4)5)55(74)68-33-39-29-41(12-9-37(39)30-44(68)51(61)70)79-28-27-78-26-25-77-24-23-76-22-21-75-20-15-46(69)66-16-18-67(19-17-66)54(73)36-7-10-40(11-8-36)64-53(72)38-31-45(50(60)63-32-38)80-35(2)47-43(58)14-13-42(57)48(47)59/h7-14,29,31-32,34-35,44,49,62H,15-28,30,33H2,1-6H3,(H2,60,63)(H2,61,70)(H,64,72)(H,65,71)/t34-,35+,44-,49+/m0/s1. The number of nitrogen functional groups attached to an aromatic ring is 1. The molecule has 434 valence electrons. The lowest BCUT2D eigenvalue weighted by Gasteiger charge is -2.40. The van der Waals surface area contributed by atoms with E-state index >= 15 is 0 Å². The predicted octanol–water partition coefficient (Wildman–Crippen LogP) is 4.69. The molecule has 4 atom stereocenters. The molecule has 24 heteroatoms. The second-order valence-corrected chi connectivity index (χ2v) is 20.6. The number of hydrogen-bond acceptors (Lipinski definition) is 15. The Morgan fingerprint density at radius 2 is 1.40 bits per heavy atom. The summed E-state index contributed by atoms with van der Waals surface area (Å²) in [6.45, 7) is 13.0. The molecule has 4 aromatic rings. The Hall–Kier alpha value is -7.02. The molecule has 6 rings (SSSR count). The lowest BCUT2D eigenvalue weighted by atomic mass is 9.84. The smallest absolute Gasteiger partial charge is 0.257 e. The number of aromatic nitrogens is 1. The largest absolute Gasteiger partial charge is 0.491 e. The number of carbonyl (C=O) groups is 6. The molecule has 6 amide bonds. The fraction of sp³-hybridized carbons (Fsp3) is 0.482. The molecule has 0 aliphatic carbocycles. The molecule has 0 spiro atoms. The Kier molecular flexibility index (Phi) is 22.9. The molecule has 0 radical (unpaired) electrons. The van der Waals surface area contributed by atoms with Gasteiger partial charge in [0.15, 0.2) is 17.4 Å². The average Bonchev–Trinajstić information content (AvgIpc) is 3.45. The number of rotatable bonds is 27. The van der Waals surface area contributed by atoms with Crippen molar-refractivity contribution in [2.45, 2.75) is 78.2 Å². The zero-order valence-corrected chi connectivity index (χ0v) is 46.7. The zero-order valence-electron chi connectivity index (χ0n) is 46.0. The lowest BCUT2D eigenvalue weighted by Crippen LogP contribution is -2.61. The van der Waals surface area contributed by atoms with Gasteiger partial charge in [-0.1, -0.05) is 38.4 Å². The van der Waals surface area contributed by atoms with Gasteiger partial charge in [0.1, 0.15) is 36.4 Å². The number of halogens is 3. The number of likely N-dealkylation sites (N-methyl/N-ethyl adjacent to an activating group) is 1. The van der Waals surface area contributed by atoms with Crippen LogP contribution >= 0.6 is 11.6 Å². The van der Waals surface area contributed by atoms with Crippen LogP contribution < -0.4 is 36.9 Å². The second kappa shape index (κ2) is 29.4. The van der Waals surface area contributed by atoms with Gasteiger partial charge in [0.2, 0.25) is 23.6 Å². The number of primary amides is 1. The summed E-state index contributed by atoms with van der Waals surface area (Å²) in [5.74, 6) is -3.66. The monoisotopic (exact) mass is 1140 g/mol. The molecule has 2 aliphatic rings. The van der Waals surface area contributed by atoms with Gasteiger partial charge in [0, 0.05) is 56.6 Å². The SMILES string of the molecule is CN[C@@H](C)C(=O)N[C@H](C(=O)N1Cc2cc(OCCOCCOCCOCCOCCC(=O)N3CCN(C(=O)c4ccc(NC(=O)c5cnc(N)c(O[C@H](C)c6c(F)ccc(Cl)c6F)c5)cc4)CC3)ccc2C[C@H]1C(N)=O)C(C)(C)C. The lowest BCUT2D eigenvalue weighted by molar-refractivity contribution is -0.146. The van der Waals surface area contributed by atoms with Crippen LogP contribution in [0.3, 0.4) is 0 Å². The van der Waals surface area contributed by atoms with E-state index in [0.717, 1.165) is 23.3 Å². The summed E-state index contributed by atoms with van der Waals surface area (Å²) in [6, 6.07) is 12.9. The number of piperazine rings is 1. The number of nitrogens with zero attached hydrogens (tertiary/aromatic N) is 4. The summed E-state index contributed by atoms with van der Waals surface area (Å²) in [6.07, 6.45) is 0.489. The molecule has 3 heterocycles. The normalized spacial score (nSPS) is 15.6. The average molecular weight is 1140 g/mol. The minimum absolute atomic E-state index is 0.0538. The molecule has 3 aromatic carbocycles. The van der Waals surface area contributed by atoms with Crippen LogP contribution in [0.1, 0.15) is 84.5 Å². The van der Waals surface area contributed by atoms with Crippen molar-refractivity contribution in [1.82, 2.24) is 30.3 Å². The number of carbonyl (C=O) groups excluding carboxylic acids is 6. The molecule has 2 aliphatic heterocycles. The molecule has 0 saturated carbocycles. The summed E-state index contributed by atoms with van der Waals surface area (Å²) in [7, 11) is 1.66. The van der Waals surface area contributed by atoms with Crippen molar-refractivity contribution in [1.29, 1.82) is 0 Å². The van der Waals surface area contributed by atoms with Gasteiger partial charge in [-0.2, -0.15) is 0 Å². The first kappa shape index (κ1) is 62.2. The molecule has 80 heavy (non-hydrogen) atoms. The predicted molar refractivity (Wildman–Crippen MR) is 293 cm³/mol. The molecular formula is C56H72ClF2N9O12. The number of nitrogens with two attached hydrogens (primary N) is 2. The molecular weight excluding hydrogens is 1060 g/mol. The van der Waals surface area contributed by atoms with E-state index in [9.17, 15) is 37.5 Å². The topological polar surface area (TPSA) is 269 Å². The Labute approximate surface area is 469 Å². The number of anilines is 2. The molecule has 0 bridgehead atoms. The Bertz CT molecular complexity index is 2800. The number of fused-ring (bicyclic) bond motifs is 1. The Balaban J connectivity index is 0.789. The number of benzene rings is 3. The van der Waals surface area contributed by atoms with Gasteiger partial charge in [-0.05, 0) is 92.0 Å². The first-order valence-electron chi connectivity index (χ1n) is 26.3. The van der Waals surface area contributed by atoms with E-state index in [-0.39, 0.29) is 72.5 Å². The van der Waals surface area contributed by atoms with Crippen LogP contribution in [0.15, 0.2) is 66.9 Å². The third-order valence-corrected chi connectivity index (χ3v) is 13.8. The summed E-state index contributed by atoms with van der Waals surface area (Å²) in [5.41, 5.74) is 13.2. The maximum atomic E-state index is 14.6. The molecule has 7 N–H and O–H groups in total. The van der Waals surface area contributed by atoms with Crippen molar-refractivity contribution in [3.63, 3.8) is 0 Å². The fourth-order valence-corrected chi connectivity index (χ4v) is 8.89. The highest BCUT2D eigenvalue weighted by Crippen LogP contribution is 2.33. The maximum Gasteiger partial charge on any atom is 0.257 e. The van der Waals surface area contributed by atoms with Crippen LogP contribution in [0.5, 0.6) is 11.5 Å². The van der Waals surface area contributed by atoms with Crippen molar-refractivity contribution >= 4 is 58.5 Å². The van der Waals surface area contributed by atoms with E-state index < -0.39 is 64.6 Å². The van der Waals surface area contributed by atoms with E-state index in [1.807, 2.05) is 32.9 Å². The van der Waals surface area contributed by atoms with Crippen LogP contribution in [0.4, 0.5) is 20.3 Å². The minimum atomic E-state index is -1.16. The Morgan fingerprint density at radius 1 is 0.787 bits per heavy atom. The summed E-state index contributed by atoms with van der Waals surface area (Å²) in [5, 5.41) is 8.18. The quantitative estimate of drug-likeness (QED) is 0.0401. The van der Waals surface area contributed by atoms with Crippen LogP contribution in [-0.4, -0.2) is 166 Å². The van der Waals surface area contributed by atoms with Gasteiger partial charge >= 0.3 is 0 Å². The molecule has 1 aromatic heterocycles. The number of nitrogens with one attached hydrogen (secondary N) is 3. The zero-order chi connectivity index (χ0) is 58.1. The van der Waals surface area contributed by atoms with Crippen LogP contribution in [-0.2, 0) is 51.1 Å². The third kappa shape index (κ3) is 17.2. The first-order chi connectivity index (χ1) is 38.2. The molecule has 0 unspecified atom stereocenters. The van der Waals surface area contributed by atoms with Gasteiger partial charge in [-0.25, -0.2) is 13.8 Å². The number of pyridine rings is 1. The van der Waals surface area contributed by atoms with Gasteiger partial charge in [-0.15, -0.1) is 0 Å². The molecule has 1 saturated heterocycles. The number of ether oxygens (including phenoxy) is 6. The van der Waals surface area contributed by atoms with Crippen molar-refractivity contribution in [3.05, 3.63) is 111 Å². The van der Waals surface area contributed by atoms with Gasteiger partial charge in [0.25, 0.3) is 11.8 Å². The first-order valence-corrected chi connectivity index (χ1v) is 26.7. The summed E-state index contributed by atoms with van der Waals surface area (Å²) in [4.78, 5) is 87.5. The van der Waals surface area contributed by atoms with E-state index in [1.54, 1.807) is 54.1 Å². The van der Waals surface area contributed by atoms with Crippen LogP contribution in [0.2, 0.25) is 5.02 Å². The van der Waals surface area contributed by atoms with E-state index in [1.165, 1.54) is 24.1 Å². The number of hydrogen-bond donors (Lipinski definition) is 5. The van der Waals surface area contributed by atoms with Crippen LogP contribution in [0, 0.1) is 17.0 Å². The highest BCUT2D eigenvalue weighted by atomic mass is 35.5. The van der Waals surface area contributed by atoms with Crippen LogP contribution in [0.25, 0.3) is 0 Å². The molecule has 1 fully saturated rings. The van der Waals surface area contributed by atoms with E-state index in [2.05, 4.69) is 20.9 Å². The third-order valence-electron chi connectivity index (χ3n) is 13.5. The van der Waals surface area contributed by atoms with E-state index in [0.29, 0.717) is 89.4 Å². The van der Waals surface area contributed by atoms with Crippen molar-refractivity contribution in [3.8, 4) is 11.5 Å². The van der Waals surface area contributed by atoms with E-state index in [4.69, 9.17) is 51.5 Å². The minimum Gasteiger partial charge on any atom is -0.491 e. The highest BCUT2D eigenvalue weighted by Gasteiger charge is 2.42. The van der Waals surface area contributed by atoms with Gasteiger partial charge in [-0.3, -0.25) is 28.8 Å². The van der Waals surface area contributed by atoms with Crippen molar-refractivity contribution < 1.29 is 66.0 Å². The fourth-order valence-electron chi connectivity index (χ4n) is 8.73. The maximum absolute atomic E-state index is 14.6. The summed E-state index contributed by atoms with van der Waals surface area (Å²) < 4.78 is 63.1. The van der Waals surface area contributed by atoms with Gasteiger partial charge < -0.3 is 70.5 Å². The Morgan fingerprint density at radius 3 is 2.01 bits per heavy atom.